The summed E-state index contributed by atoms with van der Waals surface area (Å²) in [5.41, 5.74) is 2.14. The number of non-ortho nitro benzene ring substituents is 1. The van der Waals surface area contributed by atoms with E-state index in [1.54, 1.807) is 19.2 Å². The lowest BCUT2D eigenvalue weighted by Crippen LogP contribution is -2.53. The first-order chi connectivity index (χ1) is 19.0. The first-order valence-corrected chi connectivity index (χ1v) is 14.0. The molecule has 0 saturated carbocycles. The fraction of sp³-hybridized carbons (Fsp3) is 0.250. The largest absolute Gasteiger partial charge is 0.325 e. The van der Waals surface area contributed by atoms with Crippen LogP contribution in [0.4, 0.5) is 11.4 Å². The van der Waals surface area contributed by atoms with Gasteiger partial charge in [0, 0.05) is 30.3 Å². The summed E-state index contributed by atoms with van der Waals surface area (Å²) >= 11 is 0. The van der Waals surface area contributed by atoms with Gasteiger partial charge in [0.15, 0.2) is 0 Å². The van der Waals surface area contributed by atoms with Crippen LogP contribution in [-0.2, 0) is 19.6 Å². The Balaban J connectivity index is 1.68. The number of sulfonamides is 1. The molecule has 40 heavy (non-hydrogen) atoms. The predicted molar refractivity (Wildman–Crippen MR) is 151 cm³/mol. The molecule has 0 spiro atoms. The number of benzodiazepines with no additional fused rings is 1. The smallest absolute Gasteiger partial charge is 0.272 e. The average molecular weight is 564 g/mol. The highest BCUT2D eigenvalue weighted by atomic mass is 32.2. The maximum absolute atomic E-state index is 13.5. The van der Waals surface area contributed by atoms with E-state index >= 15 is 0 Å². The molecule has 0 bridgehead atoms. The third-order valence-corrected chi connectivity index (χ3v) is 7.80. The molecular formula is C28H29N5O6S. The highest BCUT2D eigenvalue weighted by molar-refractivity contribution is 7.89. The van der Waals surface area contributed by atoms with E-state index in [0.29, 0.717) is 17.0 Å². The highest BCUT2D eigenvalue weighted by Gasteiger charge is 2.34. The molecule has 0 radical (unpaired) electrons. The molecule has 1 aliphatic rings. The number of aliphatic imine (C=N–C) groups is 1. The number of nitrogens with one attached hydrogen (secondary N) is 2. The van der Waals surface area contributed by atoms with Crippen LogP contribution in [0.15, 0.2) is 88.8 Å². The van der Waals surface area contributed by atoms with E-state index in [-0.39, 0.29) is 17.2 Å². The molecule has 3 aromatic rings. The van der Waals surface area contributed by atoms with Gasteiger partial charge < -0.3 is 10.2 Å². The summed E-state index contributed by atoms with van der Waals surface area (Å²) in [6.07, 6.45) is -1.23. The summed E-state index contributed by atoms with van der Waals surface area (Å²) < 4.78 is 28.6. The van der Waals surface area contributed by atoms with Crippen molar-refractivity contribution >= 4 is 38.9 Å². The number of hydrogen-bond donors (Lipinski definition) is 2. The second-order valence-electron chi connectivity index (χ2n) is 9.73. The molecular weight excluding hydrogens is 534 g/mol. The number of hydrogen-bond acceptors (Lipinski definition) is 7. The van der Waals surface area contributed by atoms with Gasteiger partial charge in [0.1, 0.15) is 6.04 Å². The zero-order valence-electron chi connectivity index (χ0n) is 22.1. The van der Waals surface area contributed by atoms with Gasteiger partial charge >= 0.3 is 0 Å². The monoisotopic (exact) mass is 563 g/mol. The van der Waals surface area contributed by atoms with Crippen LogP contribution in [0.25, 0.3) is 0 Å². The van der Waals surface area contributed by atoms with Crippen molar-refractivity contribution in [3.63, 3.8) is 0 Å². The van der Waals surface area contributed by atoms with E-state index in [1.165, 1.54) is 23.1 Å². The number of rotatable bonds is 9. The summed E-state index contributed by atoms with van der Waals surface area (Å²) in [6.45, 7) is 3.63. The third kappa shape index (κ3) is 6.24. The lowest BCUT2D eigenvalue weighted by Gasteiger charge is -2.24. The second kappa shape index (κ2) is 11.8. The van der Waals surface area contributed by atoms with Crippen LogP contribution in [0.1, 0.15) is 31.4 Å². The van der Waals surface area contributed by atoms with Crippen LogP contribution in [0.3, 0.4) is 0 Å². The molecule has 0 aliphatic carbocycles. The fourth-order valence-electron chi connectivity index (χ4n) is 4.38. The fourth-order valence-corrected chi connectivity index (χ4v) is 5.62. The number of benzene rings is 3. The first-order valence-electron chi connectivity index (χ1n) is 12.6. The SMILES string of the molecule is CC(C)CC(NS(=O)(=O)c1cccc([N+](=O)[O-])c1)C(=O)NC1N=C(c2ccccc2)c2ccccc2N(C)C1=O. The number of nitro groups is 1. The number of nitro benzene ring substituents is 1. The summed E-state index contributed by atoms with van der Waals surface area (Å²) in [5.74, 6) is -1.36. The zero-order chi connectivity index (χ0) is 29.0. The molecule has 3 aromatic carbocycles. The second-order valence-corrected chi connectivity index (χ2v) is 11.4. The number of likely N-dealkylation sites (N-methyl/N-ethyl adjacent to an activating group) is 1. The first kappa shape index (κ1) is 28.6. The summed E-state index contributed by atoms with van der Waals surface area (Å²) in [5, 5.41) is 13.8. The predicted octanol–water partition coefficient (Wildman–Crippen LogP) is 3.24. The molecule has 0 saturated heterocycles. The van der Waals surface area contributed by atoms with Gasteiger partial charge in [-0.05, 0) is 24.5 Å². The van der Waals surface area contributed by atoms with Crippen molar-refractivity contribution < 1.29 is 22.9 Å². The Morgan fingerprint density at radius 3 is 2.40 bits per heavy atom. The van der Waals surface area contributed by atoms with Gasteiger partial charge in [-0.15, -0.1) is 0 Å². The van der Waals surface area contributed by atoms with Crippen molar-refractivity contribution in [2.75, 3.05) is 11.9 Å². The van der Waals surface area contributed by atoms with Crippen LogP contribution in [0.2, 0.25) is 0 Å². The van der Waals surface area contributed by atoms with Crippen molar-refractivity contribution in [2.24, 2.45) is 10.9 Å². The van der Waals surface area contributed by atoms with E-state index in [9.17, 15) is 28.1 Å². The minimum Gasteiger partial charge on any atom is -0.325 e. The van der Waals surface area contributed by atoms with E-state index in [0.717, 1.165) is 11.6 Å². The quantitative estimate of drug-likeness (QED) is 0.301. The van der Waals surface area contributed by atoms with Gasteiger partial charge in [-0.2, -0.15) is 4.72 Å². The molecule has 12 heteroatoms. The lowest BCUT2D eigenvalue weighted by molar-refractivity contribution is -0.385. The Kier molecular flexibility index (Phi) is 8.40. The molecule has 0 aromatic heterocycles. The van der Waals surface area contributed by atoms with Crippen LogP contribution in [-0.4, -0.2) is 50.1 Å². The molecule has 1 aliphatic heterocycles. The number of fused-ring (bicyclic) bond motifs is 1. The number of carbonyl (C=O) groups excluding carboxylic acids is 2. The number of nitrogens with zero attached hydrogens (tertiary/aromatic N) is 3. The molecule has 2 unspecified atom stereocenters. The maximum atomic E-state index is 13.5. The standard InChI is InChI=1S/C28H29N5O6S/c1-18(2)16-23(31-40(38,39)21-13-9-12-20(17-21)33(36)37)27(34)30-26-28(35)32(3)24-15-8-7-14-22(24)25(29-26)19-10-5-4-6-11-19/h4-15,17-18,23,26,31H,16H2,1-3H3,(H,30,34). The van der Waals surface area contributed by atoms with Crippen LogP contribution < -0.4 is 14.9 Å². The minimum absolute atomic E-state index is 0.103. The maximum Gasteiger partial charge on any atom is 0.272 e. The van der Waals surface area contributed by atoms with E-state index < -0.39 is 44.7 Å². The molecule has 2 atom stereocenters. The molecule has 2 N–H and O–H groups in total. The molecule has 4 rings (SSSR count). The zero-order valence-corrected chi connectivity index (χ0v) is 23.0. The number of amides is 2. The van der Waals surface area contributed by atoms with E-state index in [2.05, 4.69) is 15.0 Å². The topological polar surface area (TPSA) is 151 Å². The van der Waals surface area contributed by atoms with Crippen LogP contribution in [0, 0.1) is 16.0 Å². The van der Waals surface area contributed by atoms with Gasteiger partial charge in [-0.25, -0.2) is 13.4 Å². The Bertz CT molecular complexity index is 1570. The van der Waals surface area contributed by atoms with Crippen molar-refractivity contribution in [3.05, 3.63) is 100 Å². The Labute approximate surface area is 232 Å². The molecule has 208 valence electrons. The normalized spacial score (nSPS) is 16.1. The minimum atomic E-state index is -4.32. The highest BCUT2D eigenvalue weighted by Crippen LogP contribution is 2.27. The van der Waals surface area contributed by atoms with Crippen LogP contribution in [0.5, 0.6) is 0 Å². The van der Waals surface area contributed by atoms with Crippen molar-refractivity contribution in [1.29, 1.82) is 0 Å². The van der Waals surface area contributed by atoms with Gasteiger partial charge in [0.25, 0.3) is 11.6 Å². The Morgan fingerprint density at radius 2 is 1.73 bits per heavy atom. The molecule has 0 fully saturated rings. The van der Waals surface area contributed by atoms with Gasteiger partial charge in [-0.1, -0.05) is 68.4 Å². The van der Waals surface area contributed by atoms with Crippen molar-refractivity contribution in [2.45, 2.75) is 37.4 Å². The molecule has 11 nitrogen and oxygen atoms in total. The van der Waals surface area contributed by atoms with Gasteiger partial charge in [-0.3, -0.25) is 19.7 Å². The summed E-state index contributed by atoms with van der Waals surface area (Å²) in [6, 6.07) is 19.7. The molecule has 2 amide bonds. The van der Waals surface area contributed by atoms with Crippen LogP contribution >= 0.6 is 0 Å². The average Bonchev–Trinajstić information content (AvgIpc) is 3.03. The number of anilines is 1. The Morgan fingerprint density at radius 1 is 1.05 bits per heavy atom. The Hall–Kier alpha value is -4.42. The van der Waals surface area contributed by atoms with Crippen molar-refractivity contribution in [3.8, 4) is 0 Å². The van der Waals surface area contributed by atoms with Crippen molar-refractivity contribution in [1.82, 2.24) is 10.0 Å². The number of carbonyl (C=O) groups is 2. The molecule has 1 heterocycles. The van der Waals surface area contributed by atoms with Gasteiger partial charge in [0.2, 0.25) is 22.1 Å². The van der Waals surface area contributed by atoms with E-state index in [1.807, 2.05) is 56.3 Å². The lowest BCUT2D eigenvalue weighted by atomic mass is 10.0. The summed E-state index contributed by atoms with van der Waals surface area (Å²) in [4.78, 5) is 43.2. The third-order valence-electron chi connectivity index (χ3n) is 6.33. The summed E-state index contributed by atoms with van der Waals surface area (Å²) in [7, 11) is -2.74. The van der Waals surface area contributed by atoms with E-state index in [4.69, 9.17) is 0 Å². The van der Waals surface area contributed by atoms with Gasteiger partial charge in [0.05, 0.1) is 21.2 Å². The number of para-hydroxylation sites is 1.